The van der Waals surface area contributed by atoms with E-state index in [0.717, 1.165) is 17.9 Å². The highest BCUT2D eigenvalue weighted by atomic mass is 16.8. The Labute approximate surface area is 152 Å². The van der Waals surface area contributed by atoms with Gasteiger partial charge in [-0.25, -0.2) is 19.9 Å². The number of aliphatic imine (C=N–C) groups is 1. The van der Waals surface area contributed by atoms with Crippen LogP contribution in [-0.4, -0.2) is 62.3 Å². The van der Waals surface area contributed by atoms with Crippen molar-refractivity contribution in [2.45, 2.75) is 51.2 Å². The zero-order chi connectivity index (χ0) is 18.5. The van der Waals surface area contributed by atoms with Crippen LogP contribution in [0.2, 0.25) is 0 Å². The molecule has 3 heterocycles. The lowest BCUT2D eigenvalue weighted by molar-refractivity contribution is -0.146. The van der Waals surface area contributed by atoms with Gasteiger partial charge in [0, 0.05) is 14.1 Å². The van der Waals surface area contributed by atoms with Crippen LogP contribution in [0.4, 0.5) is 5.82 Å². The molecule has 8 heteroatoms. The standard InChI is InChI=1S/C18H24N6O2/c1-11(23(4)5)22-16-14-17(20-9-19-16)24(10-21-14)12-7-6-8-13-15(12)26-18(2,3)25-13/h6,8-10,12-13,15H,7H2,1-5H3/b22-11+/t12-,13-,15+/m1/s1. The van der Waals surface area contributed by atoms with Crippen molar-refractivity contribution in [2.24, 2.45) is 4.99 Å². The van der Waals surface area contributed by atoms with Gasteiger partial charge in [-0.3, -0.25) is 0 Å². The van der Waals surface area contributed by atoms with Gasteiger partial charge in [0.25, 0.3) is 0 Å². The first-order chi connectivity index (χ1) is 12.4. The van der Waals surface area contributed by atoms with Crippen molar-refractivity contribution in [1.29, 1.82) is 0 Å². The summed E-state index contributed by atoms with van der Waals surface area (Å²) in [7, 11) is 3.90. The van der Waals surface area contributed by atoms with Crippen molar-refractivity contribution in [3.63, 3.8) is 0 Å². The van der Waals surface area contributed by atoms with Gasteiger partial charge in [-0.05, 0) is 27.2 Å². The summed E-state index contributed by atoms with van der Waals surface area (Å²) in [5.41, 5.74) is 1.45. The predicted octanol–water partition coefficient (Wildman–Crippen LogP) is 2.46. The van der Waals surface area contributed by atoms with Gasteiger partial charge in [0.15, 0.2) is 22.8 Å². The minimum absolute atomic E-state index is 0.0588. The highest BCUT2D eigenvalue weighted by molar-refractivity contribution is 5.88. The van der Waals surface area contributed by atoms with E-state index in [1.807, 2.05) is 39.8 Å². The van der Waals surface area contributed by atoms with Crippen LogP contribution < -0.4 is 0 Å². The minimum atomic E-state index is -0.591. The molecule has 2 aromatic rings. The molecule has 8 nitrogen and oxygen atoms in total. The van der Waals surface area contributed by atoms with Crippen molar-refractivity contribution in [3.8, 4) is 0 Å². The van der Waals surface area contributed by atoms with E-state index in [2.05, 4.69) is 36.7 Å². The molecule has 26 heavy (non-hydrogen) atoms. The van der Waals surface area contributed by atoms with Gasteiger partial charge in [0.2, 0.25) is 0 Å². The van der Waals surface area contributed by atoms with E-state index in [1.165, 1.54) is 6.33 Å². The maximum atomic E-state index is 6.16. The van der Waals surface area contributed by atoms with Crippen molar-refractivity contribution in [3.05, 3.63) is 24.8 Å². The Morgan fingerprint density at radius 1 is 1.27 bits per heavy atom. The molecule has 0 aromatic carbocycles. The third-order valence-corrected chi connectivity index (χ3v) is 4.86. The van der Waals surface area contributed by atoms with Crippen LogP contribution in [0.15, 0.2) is 29.8 Å². The maximum absolute atomic E-state index is 6.16. The van der Waals surface area contributed by atoms with Gasteiger partial charge in [-0.15, -0.1) is 0 Å². The first-order valence-corrected chi connectivity index (χ1v) is 8.78. The Bertz CT molecular complexity index is 885. The third kappa shape index (κ3) is 2.89. The number of nitrogens with zero attached hydrogens (tertiary/aromatic N) is 6. The van der Waals surface area contributed by atoms with E-state index < -0.39 is 5.79 Å². The van der Waals surface area contributed by atoms with Crippen LogP contribution >= 0.6 is 0 Å². The summed E-state index contributed by atoms with van der Waals surface area (Å²) in [6.45, 7) is 5.83. The molecule has 1 aliphatic carbocycles. The van der Waals surface area contributed by atoms with Gasteiger partial charge in [-0.1, -0.05) is 12.2 Å². The van der Waals surface area contributed by atoms with E-state index in [1.54, 1.807) is 6.33 Å². The number of rotatable bonds is 2. The van der Waals surface area contributed by atoms with E-state index in [9.17, 15) is 0 Å². The first kappa shape index (κ1) is 17.1. The van der Waals surface area contributed by atoms with Crippen molar-refractivity contribution in [2.75, 3.05) is 14.1 Å². The third-order valence-electron chi connectivity index (χ3n) is 4.86. The molecule has 1 aliphatic heterocycles. The van der Waals surface area contributed by atoms with E-state index in [-0.39, 0.29) is 18.2 Å². The Hall–Kier alpha value is -2.32. The Kier molecular flexibility index (Phi) is 4.04. The van der Waals surface area contributed by atoms with Crippen molar-refractivity contribution in [1.82, 2.24) is 24.4 Å². The van der Waals surface area contributed by atoms with Gasteiger partial charge < -0.3 is 18.9 Å². The van der Waals surface area contributed by atoms with Crippen LogP contribution in [0.1, 0.15) is 33.2 Å². The number of hydrogen-bond acceptors (Lipinski definition) is 6. The largest absolute Gasteiger partial charge is 0.366 e. The van der Waals surface area contributed by atoms with Gasteiger partial charge in [0.1, 0.15) is 24.4 Å². The second kappa shape index (κ2) is 6.14. The molecular formula is C18H24N6O2. The molecule has 0 saturated carbocycles. The number of allylic oxidation sites excluding steroid dienone is 1. The minimum Gasteiger partial charge on any atom is -0.366 e. The summed E-state index contributed by atoms with van der Waals surface area (Å²) in [6.07, 6.45) is 8.27. The second-order valence-corrected chi connectivity index (χ2v) is 7.37. The lowest BCUT2D eigenvalue weighted by Gasteiger charge is -2.29. The number of amidine groups is 1. The van der Waals surface area contributed by atoms with Crippen LogP contribution in [-0.2, 0) is 9.47 Å². The normalized spacial score (nSPS) is 27.7. The summed E-state index contributed by atoms with van der Waals surface area (Å²) in [6, 6.07) is 0.0680. The van der Waals surface area contributed by atoms with Crippen LogP contribution in [0, 0.1) is 0 Å². The molecule has 0 radical (unpaired) electrons. The molecule has 0 bridgehead atoms. The summed E-state index contributed by atoms with van der Waals surface area (Å²) in [5.74, 6) is 0.840. The van der Waals surface area contributed by atoms with E-state index in [0.29, 0.717) is 11.3 Å². The molecule has 2 aromatic heterocycles. The van der Waals surface area contributed by atoms with Gasteiger partial charge in [0.05, 0.1) is 12.4 Å². The summed E-state index contributed by atoms with van der Waals surface area (Å²) in [4.78, 5) is 19.8. The molecule has 2 aliphatic rings. The van der Waals surface area contributed by atoms with E-state index >= 15 is 0 Å². The highest BCUT2D eigenvalue weighted by Gasteiger charge is 2.46. The summed E-state index contributed by atoms with van der Waals surface area (Å²) >= 11 is 0. The van der Waals surface area contributed by atoms with Gasteiger partial charge in [-0.2, -0.15) is 0 Å². The molecule has 0 N–H and O–H groups in total. The zero-order valence-corrected chi connectivity index (χ0v) is 15.7. The molecule has 0 spiro atoms. The fraction of sp³-hybridized carbons (Fsp3) is 0.556. The number of ether oxygens (including phenoxy) is 2. The monoisotopic (exact) mass is 356 g/mol. The van der Waals surface area contributed by atoms with E-state index in [4.69, 9.17) is 9.47 Å². The topological polar surface area (TPSA) is 77.7 Å². The van der Waals surface area contributed by atoms with Crippen LogP contribution in [0.25, 0.3) is 11.2 Å². The average molecular weight is 356 g/mol. The highest BCUT2D eigenvalue weighted by Crippen LogP contribution is 2.40. The Morgan fingerprint density at radius 2 is 2.08 bits per heavy atom. The molecule has 3 atom stereocenters. The summed E-state index contributed by atoms with van der Waals surface area (Å²) < 4.78 is 14.2. The average Bonchev–Trinajstić information content (AvgIpc) is 3.14. The Morgan fingerprint density at radius 3 is 2.85 bits per heavy atom. The summed E-state index contributed by atoms with van der Waals surface area (Å²) in [5, 5.41) is 0. The zero-order valence-electron chi connectivity index (χ0n) is 15.7. The first-order valence-electron chi connectivity index (χ1n) is 8.78. The fourth-order valence-electron chi connectivity index (χ4n) is 3.44. The molecule has 0 amide bonds. The number of fused-ring (bicyclic) bond motifs is 2. The van der Waals surface area contributed by atoms with Gasteiger partial charge >= 0.3 is 0 Å². The second-order valence-electron chi connectivity index (χ2n) is 7.37. The molecule has 1 saturated heterocycles. The quantitative estimate of drug-likeness (QED) is 0.467. The molecule has 138 valence electrons. The Balaban J connectivity index is 1.75. The van der Waals surface area contributed by atoms with Crippen LogP contribution in [0.5, 0.6) is 0 Å². The molecular weight excluding hydrogens is 332 g/mol. The number of imidazole rings is 1. The smallest absolute Gasteiger partial charge is 0.185 e. The lowest BCUT2D eigenvalue weighted by Crippen LogP contribution is -2.34. The lowest BCUT2D eigenvalue weighted by atomic mass is 9.96. The number of aromatic nitrogens is 4. The maximum Gasteiger partial charge on any atom is 0.185 e. The molecule has 4 rings (SSSR count). The van der Waals surface area contributed by atoms with Crippen LogP contribution in [0.3, 0.4) is 0 Å². The molecule has 1 fully saturated rings. The molecule has 0 unspecified atom stereocenters. The predicted molar refractivity (Wildman–Crippen MR) is 98.4 cm³/mol. The van der Waals surface area contributed by atoms with Crippen molar-refractivity contribution < 1.29 is 9.47 Å². The fourth-order valence-corrected chi connectivity index (χ4v) is 3.44. The van der Waals surface area contributed by atoms with Crippen molar-refractivity contribution >= 4 is 22.8 Å². The number of hydrogen-bond donors (Lipinski definition) is 0. The SMILES string of the molecule is C/C(=N\c1ncnc2c1ncn2[C@@H]1CC=C[C@H]2OC(C)(C)O[C@@H]12)N(C)C.